The summed E-state index contributed by atoms with van der Waals surface area (Å²) >= 11 is 1.61. The Morgan fingerprint density at radius 3 is 2.63 bits per heavy atom. The minimum Gasteiger partial charge on any atom is -0.478 e. The van der Waals surface area contributed by atoms with E-state index in [1.54, 1.807) is 17.8 Å². The highest BCUT2D eigenvalue weighted by Crippen LogP contribution is 2.26. The van der Waals surface area contributed by atoms with Crippen molar-refractivity contribution in [3.05, 3.63) is 65.0 Å². The molecule has 19 heavy (non-hydrogen) atoms. The molecular weight excluding hydrogens is 263 g/mol. The zero-order chi connectivity index (χ0) is 13.8. The van der Waals surface area contributed by atoms with Gasteiger partial charge in [-0.2, -0.15) is 0 Å². The normalized spacial score (nSPS) is 10.4. The van der Waals surface area contributed by atoms with Crippen molar-refractivity contribution in [1.29, 1.82) is 0 Å². The molecule has 0 atom stereocenters. The lowest BCUT2D eigenvalue weighted by atomic mass is 10.1. The van der Waals surface area contributed by atoms with E-state index in [4.69, 9.17) is 5.11 Å². The first-order valence-electron chi connectivity index (χ1n) is 5.78. The van der Waals surface area contributed by atoms with Gasteiger partial charge in [-0.3, -0.25) is 0 Å². The molecule has 0 unspecified atom stereocenters. The molecule has 2 rings (SSSR count). The Hall–Kier alpha value is -1.81. The predicted molar refractivity (Wildman–Crippen MR) is 74.1 cm³/mol. The minimum absolute atomic E-state index is 0.287. The molecular formula is C15H13FO2S. The van der Waals surface area contributed by atoms with E-state index in [-0.39, 0.29) is 5.56 Å². The fraction of sp³-hybridized carbons (Fsp3) is 0.133. The van der Waals surface area contributed by atoms with Crippen molar-refractivity contribution in [1.82, 2.24) is 0 Å². The summed E-state index contributed by atoms with van der Waals surface area (Å²) in [5.41, 5.74) is 1.66. The topological polar surface area (TPSA) is 37.3 Å². The second-order valence-electron chi connectivity index (χ2n) is 4.17. The summed E-state index contributed by atoms with van der Waals surface area (Å²) in [6.07, 6.45) is 0. The van der Waals surface area contributed by atoms with Gasteiger partial charge in [0.2, 0.25) is 0 Å². The van der Waals surface area contributed by atoms with Crippen LogP contribution in [0.15, 0.2) is 47.4 Å². The molecule has 1 N–H and O–H groups in total. The van der Waals surface area contributed by atoms with E-state index < -0.39 is 11.8 Å². The summed E-state index contributed by atoms with van der Waals surface area (Å²) in [4.78, 5) is 11.9. The van der Waals surface area contributed by atoms with Crippen molar-refractivity contribution in [2.45, 2.75) is 17.6 Å². The molecule has 2 nitrogen and oxygen atoms in total. The number of halogens is 1. The van der Waals surface area contributed by atoms with Crippen LogP contribution in [0.1, 0.15) is 21.5 Å². The summed E-state index contributed by atoms with van der Waals surface area (Å²) in [6, 6.07) is 12.2. The number of aryl methyl sites for hydroxylation is 1. The van der Waals surface area contributed by atoms with Gasteiger partial charge in [-0.05, 0) is 36.2 Å². The van der Waals surface area contributed by atoms with Crippen molar-refractivity contribution in [2.75, 3.05) is 0 Å². The highest BCUT2D eigenvalue weighted by molar-refractivity contribution is 7.98. The van der Waals surface area contributed by atoms with Gasteiger partial charge in [0.05, 0.1) is 5.56 Å². The van der Waals surface area contributed by atoms with E-state index in [1.165, 1.54) is 17.7 Å². The lowest BCUT2D eigenvalue weighted by Crippen LogP contribution is -2.00. The maximum atomic E-state index is 13.5. The summed E-state index contributed by atoms with van der Waals surface area (Å²) in [6.45, 7) is 2.02. The molecule has 0 spiro atoms. The van der Waals surface area contributed by atoms with E-state index in [0.717, 1.165) is 10.5 Å². The SMILES string of the molecule is Cc1ccccc1SCc1ccc(C(=O)O)c(F)c1. The fourth-order valence-corrected chi connectivity index (χ4v) is 2.67. The average Bonchev–Trinajstić information content (AvgIpc) is 2.37. The van der Waals surface area contributed by atoms with E-state index >= 15 is 0 Å². The van der Waals surface area contributed by atoms with Gasteiger partial charge in [0, 0.05) is 10.6 Å². The lowest BCUT2D eigenvalue weighted by molar-refractivity contribution is 0.0692. The standard InChI is InChI=1S/C15H13FO2S/c1-10-4-2-3-5-14(10)19-9-11-6-7-12(15(17)18)13(16)8-11/h2-8H,9H2,1H3,(H,17,18). The molecule has 0 radical (unpaired) electrons. The number of hydrogen-bond acceptors (Lipinski definition) is 2. The average molecular weight is 276 g/mol. The number of rotatable bonds is 4. The van der Waals surface area contributed by atoms with Gasteiger partial charge in [-0.1, -0.05) is 24.3 Å². The monoisotopic (exact) mass is 276 g/mol. The number of thioether (sulfide) groups is 1. The highest BCUT2D eigenvalue weighted by atomic mass is 32.2. The van der Waals surface area contributed by atoms with Gasteiger partial charge in [-0.15, -0.1) is 11.8 Å². The molecule has 2 aromatic rings. The molecule has 0 saturated heterocycles. The second-order valence-corrected chi connectivity index (χ2v) is 5.19. The summed E-state index contributed by atoms with van der Waals surface area (Å²) in [5.74, 6) is -1.31. The van der Waals surface area contributed by atoms with Crippen LogP contribution < -0.4 is 0 Å². The molecule has 2 aromatic carbocycles. The van der Waals surface area contributed by atoms with Crippen LogP contribution >= 0.6 is 11.8 Å². The number of carbonyl (C=O) groups is 1. The minimum atomic E-state index is -1.24. The number of carboxylic acid groups (broad SMARTS) is 1. The molecule has 0 fully saturated rings. The van der Waals surface area contributed by atoms with E-state index in [9.17, 15) is 9.18 Å². The third-order valence-corrected chi connectivity index (χ3v) is 4.00. The highest BCUT2D eigenvalue weighted by Gasteiger charge is 2.10. The number of carboxylic acids is 1. The van der Waals surface area contributed by atoms with Crippen LogP contribution in [-0.4, -0.2) is 11.1 Å². The Morgan fingerprint density at radius 1 is 1.26 bits per heavy atom. The molecule has 0 aliphatic carbocycles. The van der Waals surface area contributed by atoms with Gasteiger partial charge in [-0.25, -0.2) is 9.18 Å². The number of benzene rings is 2. The van der Waals surface area contributed by atoms with Crippen molar-refractivity contribution in [3.8, 4) is 0 Å². The van der Waals surface area contributed by atoms with Crippen LogP contribution in [0.5, 0.6) is 0 Å². The van der Waals surface area contributed by atoms with Gasteiger partial charge < -0.3 is 5.11 Å². The molecule has 98 valence electrons. The zero-order valence-electron chi connectivity index (χ0n) is 10.4. The van der Waals surface area contributed by atoms with Crippen LogP contribution in [0, 0.1) is 12.7 Å². The third kappa shape index (κ3) is 3.35. The van der Waals surface area contributed by atoms with Gasteiger partial charge in [0.1, 0.15) is 5.82 Å². The van der Waals surface area contributed by atoms with Crippen molar-refractivity contribution >= 4 is 17.7 Å². The maximum absolute atomic E-state index is 13.5. The fourth-order valence-electron chi connectivity index (χ4n) is 1.70. The number of hydrogen-bond donors (Lipinski definition) is 1. The Labute approximate surface area is 115 Å². The number of aromatic carboxylic acids is 1. The molecule has 0 aliphatic rings. The van der Waals surface area contributed by atoms with Gasteiger partial charge >= 0.3 is 5.97 Å². The Balaban J connectivity index is 2.11. The smallest absolute Gasteiger partial charge is 0.338 e. The molecule has 0 amide bonds. The summed E-state index contributed by atoms with van der Waals surface area (Å²) in [5, 5.41) is 8.76. The van der Waals surface area contributed by atoms with Gasteiger partial charge in [0.15, 0.2) is 0 Å². The molecule has 0 aliphatic heterocycles. The van der Waals surface area contributed by atoms with Crippen LogP contribution in [-0.2, 0) is 5.75 Å². The molecule has 0 bridgehead atoms. The third-order valence-electron chi connectivity index (χ3n) is 2.75. The largest absolute Gasteiger partial charge is 0.478 e. The Morgan fingerprint density at radius 2 is 2.00 bits per heavy atom. The maximum Gasteiger partial charge on any atom is 0.338 e. The van der Waals surface area contributed by atoms with Crippen LogP contribution in [0.2, 0.25) is 0 Å². The first-order chi connectivity index (χ1) is 9.08. The van der Waals surface area contributed by atoms with Crippen molar-refractivity contribution in [2.24, 2.45) is 0 Å². The van der Waals surface area contributed by atoms with Gasteiger partial charge in [0.25, 0.3) is 0 Å². The zero-order valence-corrected chi connectivity index (χ0v) is 11.2. The van der Waals surface area contributed by atoms with E-state index in [2.05, 4.69) is 0 Å². The molecule has 0 saturated carbocycles. The Bertz CT molecular complexity index is 611. The quantitative estimate of drug-likeness (QED) is 0.853. The van der Waals surface area contributed by atoms with Crippen molar-refractivity contribution in [3.63, 3.8) is 0 Å². The second kappa shape index (κ2) is 5.89. The van der Waals surface area contributed by atoms with Crippen LogP contribution in [0.3, 0.4) is 0 Å². The first-order valence-corrected chi connectivity index (χ1v) is 6.76. The van der Waals surface area contributed by atoms with E-state index in [0.29, 0.717) is 5.75 Å². The summed E-state index contributed by atoms with van der Waals surface area (Å²) < 4.78 is 13.5. The predicted octanol–water partition coefficient (Wildman–Crippen LogP) is 4.12. The molecule has 0 aromatic heterocycles. The molecule has 0 heterocycles. The first kappa shape index (κ1) is 13.6. The van der Waals surface area contributed by atoms with E-state index in [1.807, 2.05) is 31.2 Å². The lowest BCUT2D eigenvalue weighted by Gasteiger charge is -2.06. The van der Waals surface area contributed by atoms with Crippen LogP contribution in [0.25, 0.3) is 0 Å². The Kier molecular flexibility index (Phi) is 4.22. The van der Waals surface area contributed by atoms with Crippen LogP contribution in [0.4, 0.5) is 4.39 Å². The van der Waals surface area contributed by atoms with Crippen molar-refractivity contribution < 1.29 is 14.3 Å². The molecule has 4 heteroatoms. The summed E-state index contributed by atoms with van der Waals surface area (Å²) in [7, 11) is 0.